The summed E-state index contributed by atoms with van der Waals surface area (Å²) in [6.45, 7) is 0. The van der Waals surface area contributed by atoms with E-state index in [1.807, 2.05) is 0 Å². The van der Waals surface area contributed by atoms with E-state index in [2.05, 4.69) is 4.98 Å². The van der Waals surface area contributed by atoms with Crippen LogP contribution in [0.4, 0.5) is 5.69 Å². The number of hydrogen-bond acceptors (Lipinski definition) is 6. The molecule has 2 heterocycles. The van der Waals surface area contributed by atoms with Crippen LogP contribution in [0.3, 0.4) is 0 Å². The summed E-state index contributed by atoms with van der Waals surface area (Å²) in [5.74, 6) is -2.24. The number of amides is 1. The van der Waals surface area contributed by atoms with Crippen molar-refractivity contribution in [3.63, 3.8) is 0 Å². The van der Waals surface area contributed by atoms with Crippen LogP contribution < -0.4 is 9.64 Å². The first kappa shape index (κ1) is 21.7. The van der Waals surface area contributed by atoms with Gasteiger partial charge < -0.3 is 14.9 Å². The average Bonchev–Trinajstić information content (AvgIpc) is 3.06. The van der Waals surface area contributed by atoms with Crippen LogP contribution >= 0.6 is 23.2 Å². The van der Waals surface area contributed by atoms with Crippen molar-refractivity contribution in [2.24, 2.45) is 0 Å². The van der Waals surface area contributed by atoms with Crippen LogP contribution in [0.15, 0.2) is 66.5 Å². The van der Waals surface area contributed by atoms with Crippen molar-refractivity contribution in [3.8, 4) is 11.5 Å². The molecule has 1 aliphatic heterocycles. The number of ether oxygens (including phenoxy) is 1. The van der Waals surface area contributed by atoms with E-state index in [1.165, 1.54) is 55.9 Å². The van der Waals surface area contributed by atoms with Gasteiger partial charge >= 0.3 is 0 Å². The second kappa shape index (κ2) is 8.53. The Bertz CT molecular complexity index is 1260. The van der Waals surface area contributed by atoms with Crippen LogP contribution in [0.25, 0.3) is 5.76 Å². The normalized spacial score (nSPS) is 17.6. The highest BCUT2D eigenvalue weighted by Gasteiger charge is 2.47. The molecule has 0 bridgehead atoms. The molecule has 1 unspecified atom stereocenters. The number of rotatable bonds is 4. The van der Waals surface area contributed by atoms with E-state index >= 15 is 0 Å². The van der Waals surface area contributed by atoms with Gasteiger partial charge in [-0.25, -0.2) is 0 Å². The van der Waals surface area contributed by atoms with Crippen LogP contribution in [0.2, 0.25) is 10.0 Å². The quantitative estimate of drug-likeness (QED) is 0.324. The molecule has 162 valence electrons. The van der Waals surface area contributed by atoms with Gasteiger partial charge in [0.1, 0.15) is 17.3 Å². The molecule has 2 aromatic carbocycles. The molecule has 0 saturated carbocycles. The third kappa shape index (κ3) is 3.66. The number of hydrogen-bond donors (Lipinski definition) is 2. The molecular weight excluding hydrogens is 455 g/mol. The number of halogens is 2. The van der Waals surface area contributed by atoms with Crippen molar-refractivity contribution in [2.75, 3.05) is 12.0 Å². The first-order valence-electron chi connectivity index (χ1n) is 9.37. The minimum Gasteiger partial charge on any atom is -0.507 e. The number of phenolic OH excluding ortho intramolecular Hbond substituents is 1. The molecule has 2 N–H and O–H groups in total. The zero-order valence-corrected chi connectivity index (χ0v) is 18.1. The monoisotopic (exact) mass is 470 g/mol. The highest BCUT2D eigenvalue weighted by Crippen LogP contribution is 2.45. The third-order valence-electron chi connectivity index (χ3n) is 5.07. The first-order valence-corrected chi connectivity index (χ1v) is 10.1. The number of aromatic nitrogens is 1. The first-order chi connectivity index (χ1) is 15.3. The van der Waals surface area contributed by atoms with E-state index in [0.29, 0.717) is 10.6 Å². The maximum Gasteiger partial charge on any atom is 0.300 e. The summed E-state index contributed by atoms with van der Waals surface area (Å²) in [5, 5.41) is 22.1. The largest absolute Gasteiger partial charge is 0.507 e. The van der Waals surface area contributed by atoms with Gasteiger partial charge in [-0.3, -0.25) is 19.5 Å². The zero-order valence-electron chi connectivity index (χ0n) is 16.6. The summed E-state index contributed by atoms with van der Waals surface area (Å²) >= 11 is 12.2. The topological polar surface area (TPSA) is 100.0 Å². The molecule has 4 rings (SSSR count). The Balaban J connectivity index is 1.97. The minimum atomic E-state index is -1.06. The Labute approximate surface area is 193 Å². The number of carbonyl (C=O) groups is 2. The predicted molar refractivity (Wildman–Crippen MR) is 120 cm³/mol. The zero-order chi connectivity index (χ0) is 23.0. The lowest BCUT2D eigenvalue weighted by atomic mass is 9.96. The fourth-order valence-electron chi connectivity index (χ4n) is 3.59. The summed E-state index contributed by atoms with van der Waals surface area (Å²) in [7, 11) is 1.42. The Morgan fingerprint density at radius 3 is 2.59 bits per heavy atom. The number of aliphatic hydroxyl groups is 1. The lowest BCUT2D eigenvalue weighted by Crippen LogP contribution is -2.29. The van der Waals surface area contributed by atoms with Gasteiger partial charge in [-0.1, -0.05) is 29.3 Å². The van der Waals surface area contributed by atoms with E-state index in [-0.39, 0.29) is 33.3 Å². The Kier molecular flexibility index (Phi) is 5.78. The fourth-order valence-corrected chi connectivity index (χ4v) is 3.95. The molecule has 1 aliphatic rings. The number of aromatic hydroxyl groups is 1. The van der Waals surface area contributed by atoms with Crippen molar-refractivity contribution < 1.29 is 24.5 Å². The van der Waals surface area contributed by atoms with Gasteiger partial charge in [0.25, 0.3) is 11.7 Å². The van der Waals surface area contributed by atoms with Crippen LogP contribution in [-0.4, -0.2) is 34.0 Å². The summed E-state index contributed by atoms with van der Waals surface area (Å²) in [5.41, 5.74) is 0.537. The summed E-state index contributed by atoms with van der Waals surface area (Å²) < 4.78 is 5.19. The van der Waals surface area contributed by atoms with E-state index in [9.17, 15) is 19.8 Å². The van der Waals surface area contributed by atoms with Gasteiger partial charge in [0.2, 0.25) is 0 Å². The number of anilines is 1. The van der Waals surface area contributed by atoms with Gasteiger partial charge in [-0.05, 0) is 48.0 Å². The van der Waals surface area contributed by atoms with E-state index in [0.717, 1.165) is 4.90 Å². The average molecular weight is 471 g/mol. The molecule has 3 aromatic rings. The number of Topliss-reactive ketones (excluding diaryl/α,β-unsaturated/α-hetero) is 1. The molecule has 1 amide bonds. The summed E-state index contributed by atoms with van der Waals surface area (Å²) in [6, 6.07) is 10.9. The number of phenols is 1. The number of ketones is 1. The molecule has 1 atom stereocenters. The van der Waals surface area contributed by atoms with Crippen molar-refractivity contribution in [1.29, 1.82) is 0 Å². The lowest BCUT2D eigenvalue weighted by molar-refractivity contribution is -0.132. The smallest absolute Gasteiger partial charge is 0.300 e. The van der Waals surface area contributed by atoms with Crippen molar-refractivity contribution >= 4 is 46.3 Å². The number of carbonyl (C=O) groups excluding carboxylic acids is 2. The molecule has 9 heteroatoms. The number of nitrogens with zero attached hydrogens (tertiary/aromatic N) is 2. The van der Waals surface area contributed by atoms with Crippen molar-refractivity contribution in [1.82, 2.24) is 4.98 Å². The summed E-state index contributed by atoms with van der Waals surface area (Å²) in [4.78, 5) is 31.4. The molecule has 32 heavy (non-hydrogen) atoms. The van der Waals surface area contributed by atoms with Gasteiger partial charge in [-0.15, -0.1) is 0 Å². The Hall–Kier alpha value is -3.55. The van der Waals surface area contributed by atoms with Crippen LogP contribution in [0, 0.1) is 0 Å². The minimum absolute atomic E-state index is 0.0289. The van der Waals surface area contributed by atoms with Gasteiger partial charge in [0.15, 0.2) is 0 Å². The Morgan fingerprint density at radius 2 is 1.91 bits per heavy atom. The number of methoxy groups -OCH3 is 1. The van der Waals surface area contributed by atoms with Gasteiger partial charge in [0.05, 0.1) is 29.4 Å². The second-order valence-electron chi connectivity index (χ2n) is 6.94. The molecule has 0 radical (unpaired) electrons. The third-order valence-corrected chi connectivity index (χ3v) is 5.61. The second-order valence-corrected chi connectivity index (χ2v) is 7.78. The number of aliphatic hydroxyl groups excluding tert-OH is 1. The van der Waals surface area contributed by atoms with Crippen LogP contribution in [0.1, 0.15) is 17.2 Å². The van der Waals surface area contributed by atoms with Crippen molar-refractivity contribution in [2.45, 2.75) is 6.04 Å². The van der Waals surface area contributed by atoms with Crippen LogP contribution in [-0.2, 0) is 9.59 Å². The van der Waals surface area contributed by atoms with E-state index in [1.54, 1.807) is 12.1 Å². The van der Waals surface area contributed by atoms with Crippen molar-refractivity contribution in [3.05, 3.63) is 87.7 Å². The number of pyridine rings is 1. The highest BCUT2D eigenvalue weighted by atomic mass is 35.5. The SMILES string of the molecule is COc1cc(/C(O)=C2\C(=O)C(=O)N(c3cc(Cl)ccc3O)C2c2cccnc2)ccc1Cl. The van der Waals surface area contributed by atoms with Crippen LogP contribution in [0.5, 0.6) is 11.5 Å². The fraction of sp³-hybridized carbons (Fsp3) is 0.0870. The van der Waals surface area contributed by atoms with E-state index < -0.39 is 23.5 Å². The van der Waals surface area contributed by atoms with E-state index in [4.69, 9.17) is 27.9 Å². The molecule has 7 nitrogen and oxygen atoms in total. The Morgan fingerprint density at radius 1 is 1.12 bits per heavy atom. The van der Waals surface area contributed by atoms with Gasteiger partial charge in [-0.2, -0.15) is 0 Å². The standard InChI is InChI=1S/C23H16Cl2N2O5/c1-32-18-9-12(4-6-15(18)25)21(29)19-20(13-3-2-8-26-11-13)27(23(31)22(19)30)16-10-14(24)5-7-17(16)28/h2-11,20,28-29H,1H3/b21-19+. The summed E-state index contributed by atoms with van der Waals surface area (Å²) in [6.07, 6.45) is 3.01. The van der Waals surface area contributed by atoms with Gasteiger partial charge in [0, 0.05) is 23.0 Å². The molecule has 0 spiro atoms. The molecule has 1 saturated heterocycles. The lowest BCUT2D eigenvalue weighted by Gasteiger charge is -2.26. The highest BCUT2D eigenvalue weighted by molar-refractivity contribution is 6.52. The molecular formula is C23H16Cl2N2O5. The molecule has 1 fully saturated rings. The molecule has 1 aromatic heterocycles. The predicted octanol–water partition coefficient (Wildman–Crippen LogP) is 4.73. The number of benzene rings is 2. The maximum atomic E-state index is 13.1. The maximum absolute atomic E-state index is 13.1. The molecule has 0 aliphatic carbocycles.